The van der Waals surface area contributed by atoms with Crippen molar-refractivity contribution in [3.63, 3.8) is 0 Å². The van der Waals surface area contributed by atoms with E-state index < -0.39 is 24.2 Å². The van der Waals surface area contributed by atoms with E-state index in [9.17, 15) is 15.3 Å². The Morgan fingerprint density at radius 1 is 1.06 bits per heavy atom. The lowest BCUT2D eigenvalue weighted by Crippen LogP contribution is -2.36. The maximum atomic E-state index is 10.6. The predicted molar refractivity (Wildman–Crippen MR) is 132 cm³/mol. The first kappa shape index (κ1) is 24.4. The van der Waals surface area contributed by atoms with Crippen molar-refractivity contribution in [1.29, 1.82) is 0 Å². The fourth-order valence-corrected chi connectivity index (χ4v) is 4.53. The van der Waals surface area contributed by atoms with Gasteiger partial charge in [0.1, 0.15) is 17.7 Å². The second-order valence-electron chi connectivity index (χ2n) is 10.0. The van der Waals surface area contributed by atoms with E-state index in [2.05, 4.69) is 36.4 Å². The highest BCUT2D eigenvalue weighted by molar-refractivity contribution is 5.87. The Hall–Kier alpha value is -2.75. The van der Waals surface area contributed by atoms with E-state index >= 15 is 0 Å². The highest BCUT2D eigenvalue weighted by atomic mass is 16.3. The van der Waals surface area contributed by atoms with Crippen LogP contribution in [0.4, 0.5) is 11.8 Å². The summed E-state index contributed by atoms with van der Waals surface area (Å²) in [5.74, 6) is 1.15. The Labute approximate surface area is 199 Å². The molecular formula is C25H35N5O4. The van der Waals surface area contributed by atoms with Crippen LogP contribution < -0.4 is 10.6 Å². The number of aliphatic hydroxyl groups excluding tert-OH is 3. The zero-order chi connectivity index (χ0) is 24.8. The summed E-state index contributed by atoms with van der Waals surface area (Å²) in [6.45, 7) is 11.8. The molecule has 9 nitrogen and oxygen atoms in total. The SMILES string of the molecule is CCC(C)(C)Nc1nc(C)c(-c2cc3cc(C)nc(C)c3o2)c(NC2CC(CO)C(O)C2O)n1. The van der Waals surface area contributed by atoms with E-state index in [0.29, 0.717) is 40.8 Å². The maximum Gasteiger partial charge on any atom is 0.225 e. The summed E-state index contributed by atoms with van der Waals surface area (Å²) in [5.41, 5.74) is 3.59. The summed E-state index contributed by atoms with van der Waals surface area (Å²) in [5, 5.41) is 38.2. The number of furan rings is 1. The third-order valence-corrected chi connectivity index (χ3v) is 6.83. The molecule has 4 rings (SSSR count). The molecule has 5 N–H and O–H groups in total. The third-order valence-electron chi connectivity index (χ3n) is 6.83. The molecule has 3 heterocycles. The van der Waals surface area contributed by atoms with Gasteiger partial charge in [0.05, 0.1) is 29.1 Å². The lowest BCUT2D eigenvalue weighted by Gasteiger charge is -2.26. The monoisotopic (exact) mass is 469 g/mol. The Kier molecular flexibility index (Phi) is 6.54. The Bertz CT molecular complexity index is 1190. The molecule has 1 fully saturated rings. The normalized spacial score (nSPS) is 23.0. The molecule has 0 aromatic carbocycles. The van der Waals surface area contributed by atoms with Crippen molar-refractivity contribution >= 4 is 22.7 Å². The molecule has 3 aromatic heterocycles. The number of nitrogens with zero attached hydrogens (tertiary/aromatic N) is 3. The zero-order valence-electron chi connectivity index (χ0n) is 20.7. The standard InChI is InChI=1S/C25H35N5O4/c1-7-25(5,6)30-24-27-13(3)19(18-10-15-8-12(2)26-14(4)22(15)34-18)23(29-24)28-17-9-16(11-31)20(32)21(17)33/h8,10,16-17,20-21,31-33H,7,9,11H2,1-6H3,(H2,27,28,29,30). The number of nitrogens with one attached hydrogen (secondary N) is 2. The van der Waals surface area contributed by atoms with Crippen molar-refractivity contribution in [2.75, 3.05) is 17.2 Å². The van der Waals surface area contributed by atoms with Crippen LogP contribution in [0.2, 0.25) is 0 Å². The minimum Gasteiger partial charge on any atom is -0.454 e. The van der Waals surface area contributed by atoms with Crippen molar-refractivity contribution in [1.82, 2.24) is 15.0 Å². The molecular weight excluding hydrogens is 434 g/mol. The summed E-state index contributed by atoms with van der Waals surface area (Å²) in [4.78, 5) is 14.0. The van der Waals surface area contributed by atoms with E-state index in [-0.39, 0.29) is 12.1 Å². The fourth-order valence-electron chi connectivity index (χ4n) is 4.53. The topological polar surface area (TPSA) is 137 Å². The Balaban J connectivity index is 1.81. The van der Waals surface area contributed by atoms with Gasteiger partial charge in [0, 0.05) is 29.1 Å². The van der Waals surface area contributed by atoms with Crippen LogP contribution in [0.25, 0.3) is 22.3 Å². The number of hydrogen-bond acceptors (Lipinski definition) is 9. The second kappa shape index (κ2) is 9.13. The Morgan fingerprint density at radius 2 is 1.79 bits per heavy atom. The van der Waals surface area contributed by atoms with Crippen LogP contribution in [0.15, 0.2) is 16.5 Å². The van der Waals surface area contributed by atoms with Crippen molar-refractivity contribution in [2.45, 2.75) is 78.2 Å². The van der Waals surface area contributed by atoms with E-state index in [1.165, 1.54) is 0 Å². The molecule has 9 heteroatoms. The molecule has 4 unspecified atom stereocenters. The number of aliphatic hydroxyl groups is 3. The highest BCUT2D eigenvalue weighted by Crippen LogP contribution is 2.38. The van der Waals surface area contributed by atoms with Crippen LogP contribution in [0.1, 0.15) is 50.7 Å². The van der Waals surface area contributed by atoms with Gasteiger partial charge in [-0.3, -0.25) is 4.98 Å². The summed E-state index contributed by atoms with van der Waals surface area (Å²) in [6, 6.07) is 3.44. The molecule has 0 radical (unpaired) electrons. The van der Waals surface area contributed by atoms with Crippen molar-refractivity contribution in [3.8, 4) is 11.3 Å². The first-order valence-electron chi connectivity index (χ1n) is 11.8. The van der Waals surface area contributed by atoms with Gasteiger partial charge >= 0.3 is 0 Å². The second-order valence-corrected chi connectivity index (χ2v) is 10.0. The van der Waals surface area contributed by atoms with Gasteiger partial charge in [-0.1, -0.05) is 6.92 Å². The number of hydrogen-bond donors (Lipinski definition) is 5. The quantitative estimate of drug-likeness (QED) is 0.353. The highest BCUT2D eigenvalue weighted by Gasteiger charge is 2.41. The van der Waals surface area contributed by atoms with E-state index in [1.54, 1.807) is 0 Å². The van der Waals surface area contributed by atoms with Crippen molar-refractivity contribution in [3.05, 3.63) is 29.2 Å². The number of aryl methyl sites for hydroxylation is 3. The number of rotatable bonds is 7. The molecule has 184 valence electrons. The fraction of sp³-hybridized carbons (Fsp3) is 0.560. The average molecular weight is 470 g/mol. The smallest absolute Gasteiger partial charge is 0.225 e. The van der Waals surface area contributed by atoms with E-state index in [0.717, 1.165) is 23.2 Å². The molecule has 1 aliphatic rings. The number of fused-ring (bicyclic) bond motifs is 1. The van der Waals surface area contributed by atoms with Crippen LogP contribution in [-0.4, -0.2) is 60.7 Å². The van der Waals surface area contributed by atoms with Crippen LogP contribution in [0, 0.1) is 26.7 Å². The molecule has 1 saturated carbocycles. The number of anilines is 2. The van der Waals surface area contributed by atoms with Crippen molar-refractivity contribution in [2.24, 2.45) is 5.92 Å². The van der Waals surface area contributed by atoms with Gasteiger partial charge in [-0.15, -0.1) is 0 Å². The molecule has 1 aliphatic carbocycles. The zero-order valence-corrected chi connectivity index (χ0v) is 20.7. The minimum atomic E-state index is -1.03. The summed E-state index contributed by atoms with van der Waals surface area (Å²) < 4.78 is 6.22. The van der Waals surface area contributed by atoms with Crippen LogP contribution >= 0.6 is 0 Å². The van der Waals surface area contributed by atoms with Gasteiger partial charge in [-0.05, 0) is 59.6 Å². The summed E-state index contributed by atoms with van der Waals surface area (Å²) in [6.07, 6.45) is -0.754. The first-order chi connectivity index (χ1) is 16.0. The van der Waals surface area contributed by atoms with Gasteiger partial charge in [-0.25, -0.2) is 4.98 Å². The largest absolute Gasteiger partial charge is 0.454 e. The predicted octanol–water partition coefficient (Wildman–Crippen LogP) is 3.33. The van der Waals surface area contributed by atoms with Crippen LogP contribution in [0.5, 0.6) is 0 Å². The molecule has 0 spiro atoms. The van der Waals surface area contributed by atoms with Crippen LogP contribution in [0.3, 0.4) is 0 Å². The lowest BCUT2D eigenvalue weighted by molar-refractivity contribution is 0.00446. The molecule has 3 aromatic rings. The summed E-state index contributed by atoms with van der Waals surface area (Å²) >= 11 is 0. The summed E-state index contributed by atoms with van der Waals surface area (Å²) in [7, 11) is 0. The average Bonchev–Trinajstić information content (AvgIpc) is 3.29. The van der Waals surface area contributed by atoms with Gasteiger partial charge in [0.15, 0.2) is 5.58 Å². The van der Waals surface area contributed by atoms with Gasteiger partial charge in [-0.2, -0.15) is 4.98 Å². The van der Waals surface area contributed by atoms with Gasteiger partial charge < -0.3 is 30.4 Å². The first-order valence-corrected chi connectivity index (χ1v) is 11.8. The molecule has 4 atom stereocenters. The number of pyridine rings is 1. The van der Waals surface area contributed by atoms with Gasteiger partial charge in [0.25, 0.3) is 0 Å². The molecule has 0 aliphatic heterocycles. The number of aromatic nitrogens is 3. The maximum absolute atomic E-state index is 10.6. The minimum absolute atomic E-state index is 0.196. The Morgan fingerprint density at radius 3 is 2.44 bits per heavy atom. The van der Waals surface area contributed by atoms with Crippen LogP contribution in [-0.2, 0) is 0 Å². The third kappa shape index (κ3) is 4.60. The molecule has 0 saturated heterocycles. The molecule has 0 amide bonds. The van der Waals surface area contributed by atoms with Crippen molar-refractivity contribution < 1.29 is 19.7 Å². The molecule has 34 heavy (non-hydrogen) atoms. The molecule has 0 bridgehead atoms. The van der Waals surface area contributed by atoms with E-state index in [4.69, 9.17) is 14.4 Å². The lowest BCUT2D eigenvalue weighted by atomic mass is 10.0. The van der Waals surface area contributed by atoms with Gasteiger partial charge in [0.2, 0.25) is 5.95 Å². The van der Waals surface area contributed by atoms with E-state index in [1.807, 2.05) is 32.9 Å².